The van der Waals surface area contributed by atoms with Crippen molar-refractivity contribution >= 4 is 5.91 Å². The van der Waals surface area contributed by atoms with Crippen LogP contribution in [0.25, 0.3) is 11.5 Å². The summed E-state index contributed by atoms with van der Waals surface area (Å²) >= 11 is 0. The summed E-state index contributed by atoms with van der Waals surface area (Å²) < 4.78 is 12.6. The Balaban J connectivity index is 1.63. The molecular formula is C21H26N6O3. The normalized spacial score (nSPS) is 19.2. The number of methoxy groups -OCH3 is 1. The van der Waals surface area contributed by atoms with E-state index in [1.54, 1.807) is 24.2 Å². The maximum atomic E-state index is 13.1. The summed E-state index contributed by atoms with van der Waals surface area (Å²) in [5.41, 5.74) is 1.74. The van der Waals surface area contributed by atoms with Gasteiger partial charge < -0.3 is 14.2 Å². The largest absolute Gasteiger partial charge is 0.385 e. The molecule has 0 spiro atoms. The summed E-state index contributed by atoms with van der Waals surface area (Å²) in [6.45, 7) is 3.65. The zero-order valence-corrected chi connectivity index (χ0v) is 17.5. The topological polar surface area (TPSA) is 99.2 Å². The molecule has 0 saturated carbocycles. The molecule has 1 atom stereocenters. The van der Waals surface area contributed by atoms with Gasteiger partial charge in [-0.15, -0.1) is 0 Å². The fourth-order valence-corrected chi connectivity index (χ4v) is 3.97. The third-order valence-corrected chi connectivity index (χ3v) is 5.79. The summed E-state index contributed by atoms with van der Waals surface area (Å²) in [4.78, 5) is 23.8. The lowest BCUT2D eigenvalue weighted by Gasteiger charge is -2.40. The number of ether oxygens (including phenoxy) is 1. The zero-order chi connectivity index (χ0) is 21.1. The number of hydrogen-bond acceptors (Lipinski definition) is 7. The molecule has 0 aliphatic carbocycles. The molecule has 1 aliphatic heterocycles. The van der Waals surface area contributed by atoms with Crippen LogP contribution in [0.15, 0.2) is 35.1 Å². The summed E-state index contributed by atoms with van der Waals surface area (Å²) in [5, 5.41) is 8.65. The Bertz CT molecular complexity index is 995. The van der Waals surface area contributed by atoms with Crippen LogP contribution in [-0.2, 0) is 17.2 Å². The standard InChI is InChI=1S/C21H26N6O3/c1-15-12-17(24-26(15)2)19(28)27-10-5-7-21(14-27,8-11-29-3)20-23-18(30-25-20)16-6-4-9-22-13-16/h4,6,9,12-13H,5,7-8,10-11,14H2,1-3H3. The highest BCUT2D eigenvalue weighted by atomic mass is 16.5. The lowest BCUT2D eigenvalue weighted by molar-refractivity contribution is 0.0561. The molecule has 0 radical (unpaired) electrons. The minimum atomic E-state index is -0.433. The number of aromatic nitrogens is 5. The zero-order valence-electron chi connectivity index (χ0n) is 17.5. The first-order valence-electron chi connectivity index (χ1n) is 10.1. The van der Waals surface area contributed by atoms with E-state index >= 15 is 0 Å². The number of amides is 1. The van der Waals surface area contributed by atoms with Gasteiger partial charge in [0.15, 0.2) is 11.5 Å². The minimum absolute atomic E-state index is 0.0730. The Kier molecular flexibility index (Phi) is 5.63. The molecule has 1 unspecified atom stereocenters. The number of aryl methyl sites for hydroxylation is 2. The molecule has 30 heavy (non-hydrogen) atoms. The minimum Gasteiger partial charge on any atom is -0.385 e. The van der Waals surface area contributed by atoms with Crippen molar-refractivity contribution in [3.8, 4) is 11.5 Å². The second-order valence-electron chi connectivity index (χ2n) is 7.81. The third-order valence-electron chi connectivity index (χ3n) is 5.79. The molecule has 3 aromatic heterocycles. The van der Waals surface area contributed by atoms with E-state index < -0.39 is 5.41 Å². The van der Waals surface area contributed by atoms with Crippen molar-refractivity contribution in [3.05, 3.63) is 47.8 Å². The number of carbonyl (C=O) groups is 1. The maximum absolute atomic E-state index is 13.1. The van der Waals surface area contributed by atoms with Crippen molar-refractivity contribution in [1.29, 1.82) is 0 Å². The smallest absolute Gasteiger partial charge is 0.274 e. The number of likely N-dealkylation sites (tertiary alicyclic amines) is 1. The van der Waals surface area contributed by atoms with Gasteiger partial charge in [0.25, 0.3) is 11.8 Å². The van der Waals surface area contributed by atoms with Gasteiger partial charge in [0.1, 0.15) is 0 Å². The summed E-state index contributed by atoms with van der Waals surface area (Å²) in [5.74, 6) is 0.961. The van der Waals surface area contributed by atoms with E-state index in [1.165, 1.54) is 0 Å². The van der Waals surface area contributed by atoms with Gasteiger partial charge in [-0.05, 0) is 44.4 Å². The Morgan fingerprint density at radius 2 is 2.27 bits per heavy atom. The first-order valence-corrected chi connectivity index (χ1v) is 10.1. The van der Waals surface area contributed by atoms with Crippen LogP contribution in [0.1, 0.15) is 41.3 Å². The molecule has 4 heterocycles. The number of nitrogens with zero attached hydrogens (tertiary/aromatic N) is 6. The Hall–Kier alpha value is -3.07. The highest BCUT2D eigenvalue weighted by molar-refractivity contribution is 5.92. The van der Waals surface area contributed by atoms with Crippen LogP contribution in [0.5, 0.6) is 0 Å². The highest BCUT2D eigenvalue weighted by Crippen LogP contribution is 2.37. The number of piperidine rings is 1. The van der Waals surface area contributed by atoms with Gasteiger partial charge in [-0.1, -0.05) is 5.16 Å². The fraction of sp³-hybridized carbons (Fsp3) is 0.476. The van der Waals surface area contributed by atoms with Gasteiger partial charge in [-0.2, -0.15) is 10.1 Å². The van der Waals surface area contributed by atoms with E-state index in [-0.39, 0.29) is 5.91 Å². The molecule has 0 aromatic carbocycles. The number of carbonyl (C=O) groups excluding carboxylic acids is 1. The SMILES string of the molecule is COCCC1(c2noc(-c3cccnc3)n2)CCCN(C(=O)c2cc(C)n(C)n2)C1. The summed E-state index contributed by atoms with van der Waals surface area (Å²) in [7, 11) is 3.51. The van der Waals surface area contributed by atoms with E-state index in [2.05, 4.69) is 20.2 Å². The van der Waals surface area contributed by atoms with Crippen molar-refractivity contribution in [2.24, 2.45) is 7.05 Å². The van der Waals surface area contributed by atoms with Gasteiger partial charge in [0.2, 0.25) is 0 Å². The predicted octanol–water partition coefficient (Wildman–Crippen LogP) is 2.38. The molecule has 4 rings (SSSR count). The molecule has 1 saturated heterocycles. The quantitative estimate of drug-likeness (QED) is 0.615. The van der Waals surface area contributed by atoms with Gasteiger partial charge >= 0.3 is 0 Å². The van der Waals surface area contributed by atoms with E-state index in [9.17, 15) is 4.79 Å². The first kappa shape index (κ1) is 20.2. The monoisotopic (exact) mass is 410 g/mol. The van der Waals surface area contributed by atoms with Gasteiger partial charge in [-0.25, -0.2) is 0 Å². The lowest BCUT2D eigenvalue weighted by atomic mass is 9.76. The molecule has 1 amide bonds. The van der Waals surface area contributed by atoms with Crippen molar-refractivity contribution in [1.82, 2.24) is 29.8 Å². The number of rotatable bonds is 6. The first-order chi connectivity index (χ1) is 14.5. The Morgan fingerprint density at radius 1 is 1.40 bits per heavy atom. The average molecular weight is 410 g/mol. The van der Waals surface area contributed by atoms with Crippen molar-refractivity contribution < 1.29 is 14.1 Å². The molecule has 0 bridgehead atoms. The third kappa shape index (κ3) is 3.85. The van der Waals surface area contributed by atoms with Crippen LogP contribution < -0.4 is 0 Å². The maximum Gasteiger partial charge on any atom is 0.274 e. The van der Waals surface area contributed by atoms with Crippen LogP contribution in [0.2, 0.25) is 0 Å². The molecule has 158 valence electrons. The van der Waals surface area contributed by atoms with Crippen LogP contribution >= 0.6 is 0 Å². The molecule has 1 aliphatic rings. The molecule has 9 heteroatoms. The lowest BCUT2D eigenvalue weighted by Crippen LogP contribution is -2.49. The number of pyridine rings is 1. The van der Waals surface area contributed by atoms with Crippen LogP contribution in [-0.4, -0.2) is 62.5 Å². The van der Waals surface area contributed by atoms with E-state index in [4.69, 9.17) is 9.26 Å². The van der Waals surface area contributed by atoms with Crippen molar-refractivity contribution in [2.45, 2.75) is 31.6 Å². The molecule has 9 nitrogen and oxygen atoms in total. The van der Waals surface area contributed by atoms with Crippen molar-refractivity contribution in [2.75, 3.05) is 26.8 Å². The van der Waals surface area contributed by atoms with E-state index in [1.807, 2.05) is 37.1 Å². The summed E-state index contributed by atoms with van der Waals surface area (Å²) in [6, 6.07) is 5.53. The molecule has 0 N–H and O–H groups in total. The van der Waals surface area contributed by atoms with Crippen LogP contribution in [0, 0.1) is 6.92 Å². The molecule has 3 aromatic rings. The molecular weight excluding hydrogens is 384 g/mol. The van der Waals surface area contributed by atoms with Crippen LogP contribution in [0.3, 0.4) is 0 Å². The predicted molar refractivity (Wildman–Crippen MR) is 109 cm³/mol. The fourth-order valence-electron chi connectivity index (χ4n) is 3.97. The second kappa shape index (κ2) is 8.35. The van der Waals surface area contributed by atoms with E-state index in [0.717, 1.165) is 24.1 Å². The Morgan fingerprint density at radius 3 is 2.97 bits per heavy atom. The van der Waals surface area contributed by atoms with E-state index in [0.29, 0.717) is 43.5 Å². The average Bonchev–Trinajstić information content (AvgIpc) is 3.40. The Labute approximate surface area is 175 Å². The highest BCUT2D eigenvalue weighted by Gasteiger charge is 2.42. The van der Waals surface area contributed by atoms with Gasteiger partial charge in [-0.3, -0.25) is 14.5 Å². The van der Waals surface area contributed by atoms with Crippen LogP contribution in [0.4, 0.5) is 0 Å². The van der Waals surface area contributed by atoms with Gasteiger partial charge in [0, 0.05) is 51.9 Å². The molecule has 1 fully saturated rings. The van der Waals surface area contributed by atoms with Gasteiger partial charge in [0.05, 0.1) is 11.0 Å². The number of hydrogen-bond donors (Lipinski definition) is 0. The second-order valence-corrected chi connectivity index (χ2v) is 7.81. The van der Waals surface area contributed by atoms with Crippen molar-refractivity contribution in [3.63, 3.8) is 0 Å². The summed E-state index contributed by atoms with van der Waals surface area (Å²) in [6.07, 6.45) is 5.79.